The number of halogens is 1. The molecule has 1 aliphatic heterocycles. The zero-order chi connectivity index (χ0) is 15.9. The van der Waals surface area contributed by atoms with E-state index in [-0.39, 0.29) is 11.7 Å². The summed E-state index contributed by atoms with van der Waals surface area (Å²) in [5.41, 5.74) is 2.03. The summed E-state index contributed by atoms with van der Waals surface area (Å²) >= 11 is 0. The third kappa shape index (κ3) is 2.40. The molecule has 3 atom stereocenters. The highest BCUT2D eigenvalue weighted by Gasteiger charge is 2.40. The third-order valence-electron chi connectivity index (χ3n) is 5.10. The highest BCUT2D eigenvalue weighted by Crippen LogP contribution is 2.41. The zero-order valence-corrected chi connectivity index (χ0v) is 13.4. The molecule has 2 heterocycles. The normalized spacial score (nSPS) is 25.1. The zero-order valence-electron chi connectivity index (χ0n) is 13.4. The van der Waals surface area contributed by atoms with E-state index in [1.807, 2.05) is 17.2 Å². The maximum absolute atomic E-state index is 13.4. The largest absolute Gasteiger partial charge is 0.361 e. The molecule has 2 aromatic rings. The number of nitrogens with zero attached hydrogens (tertiary/aromatic N) is 1. The van der Waals surface area contributed by atoms with Crippen molar-refractivity contribution in [2.45, 2.75) is 45.6 Å². The lowest BCUT2D eigenvalue weighted by molar-refractivity contribution is -0.130. The number of hydrogen-bond donors (Lipinski definition) is 1. The predicted octanol–water partition coefficient (Wildman–Crippen LogP) is 4.06. The van der Waals surface area contributed by atoms with Crippen LogP contribution in [0.4, 0.5) is 4.39 Å². The van der Waals surface area contributed by atoms with Crippen molar-refractivity contribution in [2.24, 2.45) is 5.92 Å². The minimum atomic E-state index is -0.227. The first kappa shape index (κ1) is 15.1. The number of aromatic nitrogens is 1. The van der Waals surface area contributed by atoms with Gasteiger partial charge in [0.05, 0.1) is 0 Å². The fourth-order valence-electron chi connectivity index (χ4n) is 3.95. The van der Waals surface area contributed by atoms with Crippen molar-refractivity contribution < 1.29 is 9.18 Å². The van der Waals surface area contributed by atoms with Crippen LogP contribution >= 0.6 is 0 Å². The lowest BCUT2D eigenvalue weighted by Crippen LogP contribution is -2.35. The number of fused-ring (bicyclic) bond motifs is 1. The molecule has 0 aliphatic carbocycles. The lowest BCUT2D eigenvalue weighted by atomic mass is 9.85. The van der Waals surface area contributed by atoms with Gasteiger partial charge in [0.1, 0.15) is 5.82 Å². The summed E-state index contributed by atoms with van der Waals surface area (Å²) in [5, 5.41) is 1.07. The Kier molecular flexibility index (Phi) is 3.94. The van der Waals surface area contributed by atoms with Crippen molar-refractivity contribution in [1.29, 1.82) is 0 Å². The molecule has 1 amide bonds. The summed E-state index contributed by atoms with van der Waals surface area (Å²) in [6.07, 6.45) is 4.09. The SMILES string of the molecule is CCC[C@@H]1[C@H](C)[C@@H](c2c[nH]c3cc(F)ccc23)CN1C(C)=O. The first-order valence-corrected chi connectivity index (χ1v) is 8.06. The number of hydrogen-bond acceptors (Lipinski definition) is 1. The van der Waals surface area contributed by atoms with Crippen LogP contribution in [0.5, 0.6) is 0 Å². The molecule has 118 valence electrons. The lowest BCUT2D eigenvalue weighted by Gasteiger charge is -2.25. The fourth-order valence-corrected chi connectivity index (χ4v) is 3.95. The van der Waals surface area contributed by atoms with Crippen molar-refractivity contribution in [3.63, 3.8) is 0 Å². The second-order valence-corrected chi connectivity index (χ2v) is 6.43. The maximum Gasteiger partial charge on any atom is 0.219 e. The van der Waals surface area contributed by atoms with Crippen LogP contribution in [0.2, 0.25) is 0 Å². The van der Waals surface area contributed by atoms with Crippen LogP contribution in [0.3, 0.4) is 0 Å². The molecule has 1 saturated heterocycles. The van der Waals surface area contributed by atoms with Crippen molar-refractivity contribution in [2.75, 3.05) is 6.54 Å². The molecule has 1 aromatic carbocycles. The Bertz CT molecular complexity index is 693. The van der Waals surface area contributed by atoms with Crippen LogP contribution < -0.4 is 0 Å². The van der Waals surface area contributed by atoms with Crippen molar-refractivity contribution in [3.05, 3.63) is 35.8 Å². The molecule has 1 aliphatic rings. The van der Waals surface area contributed by atoms with E-state index < -0.39 is 0 Å². The average Bonchev–Trinajstić information content (AvgIpc) is 3.01. The first-order valence-electron chi connectivity index (χ1n) is 8.06. The molecule has 22 heavy (non-hydrogen) atoms. The molecular weight excluding hydrogens is 279 g/mol. The van der Waals surface area contributed by atoms with Crippen LogP contribution in [0.15, 0.2) is 24.4 Å². The van der Waals surface area contributed by atoms with Gasteiger partial charge in [-0.05, 0) is 36.1 Å². The van der Waals surface area contributed by atoms with Crippen molar-refractivity contribution in [3.8, 4) is 0 Å². The molecule has 0 radical (unpaired) electrons. The average molecular weight is 302 g/mol. The van der Waals surface area contributed by atoms with Crippen LogP contribution in [0.25, 0.3) is 10.9 Å². The molecule has 1 fully saturated rings. The first-order chi connectivity index (χ1) is 10.5. The van der Waals surface area contributed by atoms with Gasteiger partial charge in [0.25, 0.3) is 0 Å². The Morgan fingerprint density at radius 1 is 1.45 bits per heavy atom. The van der Waals surface area contributed by atoms with Crippen LogP contribution in [0, 0.1) is 11.7 Å². The van der Waals surface area contributed by atoms with E-state index in [1.165, 1.54) is 17.7 Å². The number of carbonyl (C=O) groups excluding carboxylic acids is 1. The minimum absolute atomic E-state index is 0.152. The monoisotopic (exact) mass is 302 g/mol. The number of nitrogens with one attached hydrogen (secondary N) is 1. The molecule has 0 spiro atoms. The van der Waals surface area contributed by atoms with E-state index in [1.54, 1.807) is 6.92 Å². The number of likely N-dealkylation sites (tertiary alicyclic amines) is 1. The van der Waals surface area contributed by atoms with Gasteiger partial charge >= 0.3 is 0 Å². The standard InChI is InChI=1S/C18H23FN2O/c1-4-5-18-11(2)16(10-21(18)12(3)22)15-9-20-17-8-13(19)6-7-14(15)17/h6-9,11,16,18,20H,4-5,10H2,1-3H3/t11-,16+,18-/m1/s1. The summed E-state index contributed by atoms with van der Waals surface area (Å²) in [6, 6.07) is 5.18. The van der Waals surface area contributed by atoms with Gasteiger partial charge in [-0.15, -0.1) is 0 Å². The second kappa shape index (κ2) is 5.75. The Morgan fingerprint density at radius 2 is 2.23 bits per heavy atom. The van der Waals surface area contributed by atoms with Crippen LogP contribution in [-0.4, -0.2) is 28.4 Å². The number of amides is 1. The van der Waals surface area contributed by atoms with Gasteiger partial charge in [0.15, 0.2) is 0 Å². The second-order valence-electron chi connectivity index (χ2n) is 6.43. The summed E-state index contributed by atoms with van der Waals surface area (Å²) < 4.78 is 13.4. The van der Waals surface area contributed by atoms with Crippen LogP contribution in [0.1, 0.15) is 45.1 Å². The summed E-state index contributed by atoms with van der Waals surface area (Å²) in [5.74, 6) is 0.640. The van der Waals surface area contributed by atoms with E-state index in [9.17, 15) is 9.18 Å². The predicted molar refractivity (Wildman–Crippen MR) is 86.2 cm³/mol. The molecule has 4 heteroatoms. The van der Waals surface area contributed by atoms with Crippen molar-refractivity contribution >= 4 is 16.8 Å². The van der Waals surface area contributed by atoms with E-state index in [0.29, 0.717) is 17.9 Å². The summed E-state index contributed by atoms with van der Waals surface area (Å²) in [6.45, 7) is 6.80. The number of aromatic amines is 1. The van der Waals surface area contributed by atoms with E-state index in [0.717, 1.165) is 30.3 Å². The molecule has 0 unspecified atom stereocenters. The quantitative estimate of drug-likeness (QED) is 0.912. The molecule has 0 saturated carbocycles. The van der Waals surface area contributed by atoms with Gasteiger partial charge in [-0.2, -0.15) is 0 Å². The van der Waals surface area contributed by atoms with E-state index in [2.05, 4.69) is 18.8 Å². The Balaban J connectivity index is 1.98. The smallest absolute Gasteiger partial charge is 0.219 e. The van der Waals surface area contributed by atoms with E-state index in [4.69, 9.17) is 0 Å². The van der Waals surface area contributed by atoms with E-state index >= 15 is 0 Å². The van der Waals surface area contributed by atoms with Crippen LogP contribution in [-0.2, 0) is 4.79 Å². The summed E-state index contributed by atoms with van der Waals surface area (Å²) in [4.78, 5) is 17.2. The molecule has 1 N–H and O–H groups in total. The fraction of sp³-hybridized carbons (Fsp3) is 0.500. The minimum Gasteiger partial charge on any atom is -0.361 e. The molecule has 3 rings (SSSR count). The van der Waals surface area contributed by atoms with Gasteiger partial charge in [-0.3, -0.25) is 4.79 Å². The number of carbonyl (C=O) groups is 1. The van der Waals surface area contributed by atoms with Crippen molar-refractivity contribution in [1.82, 2.24) is 9.88 Å². The highest BCUT2D eigenvalue weighted by atomic mass is 19.1. The number of rotatable bonds is 3. The van der Waals surface area contributed by atoms with Gasteiger partial charge < -0.3 is 9.88 Å². The maximum atomic E-state index is 13.4. The topological polar surface area (TPSA) is 36.1 Å². The van der Waals surface area contributed by atoms with Gasteiger partial charge in [0.2, 0.25) is 5.91 Å². The van der Waals surface area contributed by atoms with Gasteiger partial charge in [0, 0.05) is 42.5 Å². The van der Waals surface area contributed by atoms with Gasteiger partial charge in [-0.1, -0.05) is 20.3 Å². The Morgan fingerprint density at radius 3 is 2.91 bits per heavy atom. The van der Waals surface area contributed by atoms with Gasteiger partial charge in [-0.25, -0.2) is 4.39 Å². The Hall–Kier alpha value is -1.84. The molecule has 0 bridgehead atoms. The number of benzene rings is 1. The molecule has 1 aromatic heterocycles. The third-order valence-corrected chi connectivity index (χ3v) is 5.10. The number of H-pyrrole nitrogens is 1. The summed E-state index contributed by atoms with van der Waals surface area (Å²) in [7, 11) is 0. The Labute approximate surface area is 130 Å². The molecule has 3 nitrogen and oxygen atoms in total. The molecular formula is C18H23FN2O. The highest BCUT2D eigenvalue weighted by molar-refractivity contribution is 5.84.